The summed E-state index contributed by atoms with van der Waals surface area (Å²) in [6.07, 6.45) is 2.91. The van der Waals surface area contributed by atoms with Gasteiger partial charge in [0.2, 0.25) is 5.16 Å². The van der Waals surface area contributed by atoms with Crippen LogP contribution in [-0.4, -0.2) is 31.1 Å². The first-order valence-electron chi connectivity index (χ1n) is 7.63. The van der Waals surface area contributed by atoms with Crippen LogP contribution in [0.1, 0.15) is 16.7 Å². The van der Waals surface area contributed by atoms with Crippen LogP contribution in [0.5, 0.6) is 5.75 Å². The normalized spacial score (nSPS) is 11.1. The molecule has 8 nitrogen and oxygen atoms in total. The van der Waals surface area contributed by atoms with Crippen molar-refractivity contribution in [1.29, 1.82) is 0 Å². The summed E-state index contributed by atoms with van der Waals surface area (Å²) in [5.41, 5.74) is 2.48. The van der Waals surface area contributed by atoms with Crippen molar-refractivity contribution in [3.63, 3.8) is 0 Å². The van der Waals surface area contributed by atoms with Gasteiger partial charge in [0.05, 0.1) is 11.1 Å². The number of nitrogens with zero attached hydrogens (tertiary/aromatic N) is 5. The van der Waals surface area contributed by atoms with E-state index in [4.69, 9.17) is 0 Å². The Bertz CT molecular complexity index is 953. The Morgan fingerprint density at radius 1 is 1.31 bits per heavy atom. The number of aromatic hydroxyl groups is 1. The number of aromatic nitrogens is 3. The van der Waals surface area contributed by atoms with Crippen molar-refractivity contribution in [3.05, 3.63) is 75.6 Å². The third-order valence-corrected chi connectivity index (χ3v) is 4.52. The van der Waals surface area contributed by atoms with Gasteiger partial charge < -0.3 is 5.11 Å². The van der Waals surface area contributed by atoms with Gasteiger partial charge in [-0.05, 0) is 24.6 Å². The van der Waals surface area contributed by atoms with Gasteiger partial charge in [-0.1, -0.05) is 41.6 Å². The van der Waals surface area contributed by atoms with Crippen molar-refractivity contribution in [2.75, 3.05) is 0 Å². The molecular formula is C17H15N5O3S. The Labute approximate surface area is 153 Å². The van der Waals surface area contributed by atoms with Gasteiger partial charge in [0, 0.05) is 17.4 Å². The quantitative estimate of drug-likeness (QED) is 0.309. The molecule has 0 aliphatic heterocycles. The molecule has 9 heteroatoms. The summed E-state index contributed by atoms with van der Waals surface area (Å²) < 4.78 is 1.50. The fourth-order valence-electron chi connectivity index (χ4n) is 2.12. The maximum Gasteiger partial charge on any atom is 0.311 e. The van der Waals surface area contributed by atoms with Crippen LogP contribution in [0, 0.1) is 17.0 Å². The zero-order valence-electron chi connectivity index (χ0n) is 13.8. The minimum absolute atomic E-state index is 0.369. The van der Waals surface area contributed by atoms with E-state index < -0.39 is 4.92 Å². The molecule has 2 aromatic carbocycles. The van der Waals surface area contributed by atoms with Gasteiger partial charge in [0.1, 0.15) is 6.33 Å². The molecule has 3 aromatic rings. The Morgan fingerprint density at radius 2 is 2.08 bits per heavy atom. The number of rotatable bonds is 6. The smallest absolute Gasteiger partial charge is 0.311 e. The average molecular weight is 369 g/mol. The molecule has 0 saturated heterocycles. The number of benzene rings is 2. The molecular weight excluding hydrogens is 354 g/mol. The Morgan fingerprint density at radius 3 is 2.81 bits per heavy atom. The Hall–Kier alpha value is -3.20. The number of phenols is 1. The van der Waals surface area contributed by atoms with E-state index >= 15 is 0 Å². The molecule has 0 bridgehead atoms. The van der Waals surface area contributed by atoms with Crippen LogP contribution in [0.2, 0.25) is 0 Å². The lowest BCUT2D eigenvalue weighted by Crippen LogP contribution is -1.94. The first-order chi connectivity index (χ1) is 12.5. The van der Waals surface area contributed by atoms with E-state index in [9.17, 15) is 15.2 Å². The Kier molecular flexibility index (Phi) is 5.28. The number of thioether (sulfide) groups is 1. The fraction of sp³-hybridized carbons (Fsp3) is 0.118. The van der Waals surface area contributed by atoms with E-state index in [0.717, 1.165) is 11.3 Å². The first-order valence-corrected chi connectivity index (χ1v) is 8.61. The topological polar surface area (TPSA) is 106 Å². The summed E-state index contributed by atoms with van der Waals surface area (Å²) in [4.78, 5) is 10.2. The summed E-state index contributed by atoms with van der Waals surface area (Å²) in [6.45, 7) is 2.04. The van der Waals surface area contributed by atoms with E-state index in [1.807, 2.05) is 6.92 Å². The maximum atomic E-state index is 10.9. The van der Waals surface area contributed by atoms with E-state index in [0.29, 0.717) is 10.7 Å². The van der Waals surface area contributed by atoms with Crippen molar-refractivity contribution in [3.8, 4) is 5.75 Å². The SMILES string of the molecule is Cc1ccc(CSc2nncn2/N=C\c2ccc(O)c([N+](=O)[O-])c2)cc1. The standard InChI is InChI=1S/C17H15N5O3S/c1-12-2-4-13(5-3-12)10-26-17-20-18-11-21(17)19-9-14-6-7-16(23)15(8-14)22(24)25/h2-9,11,23H,10H2,1H3/b19-9-. The monoisotopic (exact) mass is 369 g/mol. The van der Waals surface area contributed by atoms with Crippen molar-refractivity contribution in [2.24, 2.45) is 5.10 Å². The summed E-state index contributed by atoms with van der Waals surface area (Å²) in [7, 11) is 0. The summed E-state index contributed by atoms with van der Waals surface area (Å²) >= 11 is 1.49. The Balaban J connectivity index is 1.72. The first kappa shape index (κ1) is 17.6. The molecule has 1 aromatic heterocycles. The van der Waals surface area contributed by atoms with Gasteiger partial charge >= 0.3 is 5.69 Å². The fourth-order valence-corrected chi connectivity index (χ4v) is 2.94. The molecule has 1 heterocycles. The van der Waals surface area contributed by atoms with Gasteiger partial charge in [-0.2, -0.15) is 9.78 Å². The second-order valence-electron chi connectivity index (χ2n) is 5.48. The van der Waals surface area contributed by atoms with Crippen LogP contribution in [0.15, 0.2) is 59.0 Å². The van der Waals surface area contributed by atoms with Crippen molar-refractivity contribution in [1.82, 2.24) is 14.9 Å². The molecule has 3 rings (SSSR count). The van der Waals surface area contributed by atoms with Crippen LogP contribution in [-0.2, 0) is 5.75 Å². The summed E-state index contributed by atoms with van der Waals surface area (Å²) in [5, 5.41) is 33.1. The van der Waals surface area contributed by atoms with Crippen molar-refractivity contribution >= 4 is 23.7 Å². The van der Waals surface area contributed by atoms with Gasteiger partial charge in [0.15, 0.2) is 5.75 Å². The molecule has 0 unspecified atom stereocenters. The van der Waals surface area contributed by atoms with Crippen LogP contribution < -0.4 is 0 Å². The second kappa shape index (κ2) is 7.79. The van der Waals surface area contributed by atoms with Crippen LogP contribution in [0.25, 0.3) is 0 Å². The lowest BCUT2D eigenvalue weighted by atomic mass is 10.2. The summed E-state index contributed by atoms with van der Waals surface area (Å²) in [5.74, 6) is 0.338. The highest BCUT2D eigenvalue weighted by atomic mass is 32.2. The van der Waals surface area contributed by atoms with Gasteiger partial charge in [-0.15, -0.1) is 10.2 Å². The third kappa shape index (κ3) is 4.25. The third-order valence-electron chi connectivity index (χ3n) is 3.52. The van der Waals surface area contributed by atoms with Gasteiger partial charge in [-0.3, -0.25) is 10.1 Å². The van der Waals surface area contributed by atoms with Crippen molar-refractivity contribution < 1.29 is 10.0 Å². The molecule has 0 spiro atoms. The number of hydrogen-bond donors (Lipinski definition) is 1. The molecule has 0 aliphatic carbocycles. The largest absolute Gasteiger partial charge is 0.502 e. The summed E-state index contributed by atoms with van der Waals surface area (Å²) in [6, 6.07) is 12.3. The zero-order valence-corrected chi connectivity index (χ0v) is 14.6. The molecule has 0 fully saturated rings. The maximum absolute atomic E-state index is 10.9. The van der Waals surface area contributed by atoms with Crippen molar-refractivity contribution in [2.45, 2.75) is 17.8 Å². The molecule has 26 heavy (non-hydrogen) atoms. The van der Waals surface area contributed by atoms with Gasteiger partial charge in [-0.25, -0.2) is 0 Å². The highest BCUT2D eigenvalue weighted by Gasteiger charge is 2.13. The molecule has 0 aliphatic rings. The van der Waals surface area contributed by atoms with E-state index in [-0.39, 0.29) is 11.4 Å². The molecule has 0 atom stereocenters. The second-order valence-corrected chi connectivity index (χ2v) is 6.42. The molecule has 132 valence electrons. The lowest BCUT2D eigenvalue weighted by Gasteiger charge is -2.02. The van der Waals surface area contributed by atoms with E-state index in [2.05, 4.69) is 39.6 Å². The highest BCUT2D eigenvalue weighted by Crippen LogP contribution is 2.26. The number of hydrogen-bond acceptors (Lipinski definition) is 7. The number of nitro benzene ring substituents is 1. The minimum atomic E-state index is -0.645. The lowest BCUT2D eigenvalue weighted by molar-refractivity contribution is -0.385. The van der Waals surface area contributed by atoms with Crippen LogP contribution >= 0.6 is 11.8 Å². The molecule has 0 radical (unpaired) electrons. The van der Waals surface area contributed by atoms with Crippen LogP contribution in [0.4, 0.5) is 5.69 Å². The van der Waals surface area contributed by atoms with Crippen LogP contribution in [0.3, 0.4) is 0 Å². The minimum Gasteiger partial charge on any atom is -0.502 e. The number of nitro groups is 1. The molecule has 1 N–H and O–H groups in total. The van der Waals surface area contributed by atoms with E-state index in [1.54, 1.807) is 0 Å². The number of phenolic OH excluding ortho intramolecular Hbond substituents is 1. The van der Waals surface area contributed by atoms with E-state index in [1.165, 1.54) is 52.7 Å². The molecule has 0 amide bonds. The number of aryl methyl sites for hydroxylation is 1. The molecule has 0 saturated carbocycles. The predicted molar refractivity (Wildman–Crippen MR) is 98.5 cm³/mol. The highest BCUT2D eigenvalue weighted by molar-refractivity contribution is 7.98. The predicted octanol–water partition coefficient (Wildman–Crippen LogP) is 3.37. The average Bonchev–Trinajstić information content (AvgIpc) is 3.08. The zero-order chi connectivity index (χ0) is 18.5. The van der Waals surface area contributed by atoms with Gasteiger partial charge in [0.25, 0.3) is 0 Å².